The van der Waals surface area contributed by atoms with Crippen molar-refractivity contribution in [2.75, 3.05) is 12.9 Å². The molecule has 1 rings (SSSR count). The van der Waals surface area contributed by atoms with Gasteiger partial charge in [0.2, 0.25) is 0 Å². The van der Waals surface area contributed by atoms with Crippen molar-refractivity contribution in [1.82, 2.24) is 0 Å². The predicted octanol–water partition coefficient (Wildman–Crippen LogP) is 3.14. The zero-order chi connectivity index (χ0) is 11.3. The van der Waals surface area contributed by atoms with E-state index >= 15 is 0 Å². The van der Waals surface area contributed by atoms with Gasteiger partial charge in [0, 0.05) is 10.6 Å². The summed E-state index contributed by atoms with van der Waals surface area (Å²) in [4.78, 5) is 12.4. The van der Waals surface area contributed by atoms with Crippen LogP contribution in [-0.2, 0) is 4.74 Å². The van der Waals surface area contributed by atoms with Crippen LogP contribution in [0.25, 0.3) is 0 Å². The van der Waals surface area contributed by atoms with Gasteiger partial charge in [0.25, 0.3) is 0 Å². The maximum Gasteiger partial charge on any atom is 0.338 e. The molecule has 0 amide bonds. The first-order chi connectivity index (χ1) is 7.15. The fourth-order valence-electron chi connectivity index (χ4n) is 1.07. The SMILES string of the molecule is C=C(C)CSc1ccccc1C(=O)OC. The van der Waals surface area contributed by atoms with Crippen LogP contribution >= 0.6 is 11.8 Å². The van der Waals surface area contributed by atoms with Gasteiger partial charge >= 0.3 is 5.97 Å². The number of benzene rings is 1. The summed E-state index contributed by atoms with van der Waals surface area (Å²) < 4.78 is 4.71. The van der Waals surface area contributed by atoms with Crippen LogP contribution in [0.5, 0.6) is 0 Å². The van der Waals surface area contributed by atoms with Crippen molar-refractivity contribution in [3.05, 3.63) is 42.0 Å². The van der Waals surface area contributed by atoms with Gasteiger partial charge in [-0.2, -0.15) is 0 Å². The maximum absolute atomic E-state index is 11.4. The number of carbonyl (C=O) groups excluding carboxylic acids is 1. The van der Waals surface area contributed by atoms with E-state index in [0.717, 1.165) is 16.2 Å². The van der Waals surface area contributed by atoms with Gasteiger partial charge in [-0.25, -0.2) is 4.79 Å². The molecule has 1 aromatic carbocycles. The molecular weight excluding hydrogens is 208 g/mol. The van der Waals surface area contributed by atoms with Crippen molar-refractivity contribution in [3.63, 3.8) is 0 Å². The molecule has 2 nitrogen and oxygen atoms in total. The number of hydrogen-bond acceptors (Lipinski definition) is 3. The number of methoxy groups -OCH3 is 1. The molecule has 0 aliphatic carbocycles. The van der Waals surface area contributed by atoms with Crippen LogP contribution in [0, 0.1) is 0 Å². The molecule has 80 valence electrons. The van der Waals surface area contributed by atoms with Crippen molar-refractivity contribution in [3.8, 4) is 0 Å². The van der Waals surface area contributed by atoms with Crippen molar-refractivity contribution in [2.24, 2.45) is 0 Å². The highest BCUT2D eigenvalue weighted by Gasteiger charge is 2.10. The van der Waals surface area contributed by atoms with E-state index in [1.54, 1.807) is 17.8 Å². The van der Waals surface area contributed by atoms with Gasteiger partial charge in [-0.1, -0.05) is 24.3 Å². The highest BCUT2D eigenvalue weighted by atomic mass is 32.2. The molecule has 0 unspecified atom stereocenters. The lowest BCUT2D eigenvalue weighted by Crippen LogP contribution is -2.02. The quantitative estimate of drug-likeness (QED) is 0.445. The Morgan fingerprint density at radius 1 is 1.47 bits per heavy atom. The molecule has 0 spiro atoms. The number of ether oxygens (including phenoxy) is 1. The van der Waals surface area contributed by atoms with Gasteiger partial charge in [0.1, 0.15) is 0 Å². The van der Waals surface area contributed by atoms with Crippen LogP contribution in [0.4, 0.5) is 0 Å². The Labute approximate surface area is 94.3 Å². The lowest BCUT2D eigenvalue weighted by molar-refractivity contribution is 0.0597. The standard InChI is InChI=1S/C12H14O2S/c1-9(2)8-15-11-7-5-4-6-10(11)12(13)14-3/h4-7H,1,8H2,2-3H3. The minimum absolute atomic E-state index is 0.292. The zero-order valence-electron chi connectivity index (χ0n) is 8.95. The molecule has 0 bridgehead atoms. The Hall–Kier alpha value is -1.22. The summed E-state index contributed by atoms with van der Waals surface area (Å²) in [7, 11) is 1.39. The number of carbonyl (C=O) groups is 1. The van der Waals surface area contributed by atoms with E-state index in [9.17, 15) is 4.79 Å². The fraction of sp³-hybridized carbons (Fsp3) is 0.250. The summed E-state index contributed by atoms with van der Waals surface area (Å²) in [6.07, 6.45) is 0. The first-order valence-corrected chi connectivity index (χ1v) is 5.58. The molecule has 0 atom stereocenters. The molecule has 0 saturated heterocycles. The van der Waals surface area contributed by atoms with E-state index < -0.39 is 0 Å². The third-order valence-electron chi connectivity index (χ3n) is 1.77. The molecule has 0 radical (unpaired) electrons. The van der Waals surface area contributed by atoms with E-state index in [-0.39, 0.29) is 5.97 Å². The van der Waals surface area contributed by atoms with Gasteiger partial charge in [0.05, 0.1) is 12.7 Å². The van der Waals surface area contributed by atoms with Crippen LogP contribution in [-0.4, -0.2) is 18.8 Å². The molecule has 0 saturated carbocycles. The number of esters is 1. The zero-order valence-corrected chi connectivity index (χ0v) is 9.76. The van der Waals surface area contributed by atoms with Crippen LogP contribution < -0.4 is 0 Å². The first-order valence-electron chi connectivity index (χ1n) is 4.59. The lowest BCUT2D eigenvalue weighted by Gasteiger charge is -2.06. The third kappa shape index (κ3) is 3.44. The maximum atomic E-state index is 11.4. The van der Waals surface area contributed by atoms with Gasteiger partial charge in [-0.3, -0.25) is 0 Å². The minimum atomic E-state index is -0.292. The van der Waals surface area contributed by atoms with Gasteiger partial charge in [-0.15, -0.1) is 11.8 Å². The van der Waals surface area contributed by atoms with E-state index in [1.807, 2.05) is 25.1 Å². The Morgan fingerprint density at radius 2 is 2.13 bits per heavy atom. The molecule has 0 aromatic heterocycles. The van der Waals surface area contributed by atoms with Crippen molar-refractivity contribution >= 4 is 17.7 Å². The highest BCUT2D eigenvalue weighted by molar-refractivity contribution is 7.99. The van der Waals surface area contributed by atoms with E-state index in [1.165, 1.54) is 7.11 Å². The highest BCUT2D eigenvalue weighted by Crippen LogP contribution is 2.24. The summed E-state index contributed by atoms with van der Waals surface area (Å²) >= 11 is 1.60. The Balaban J connectivity index is 2.86. The van der Waals surface area contributed by atoms with Crippen molar-refractivity contribution < 1.29 is 9.53 Å². The predicted molar refractivity (Wildman–Crippen MR) is 63.3 cm³/mol. The van der Waals surface area contributed by atoms with E-state index in [0.29, 0.717) is 5.56 Å². The molecule has 1 aromatic rings. The third-order valence-corrected chi connectivity index (χ3v) is 3.07. The average molecular weight is 222 g/mol. The Kier molecular flexibility index (Phi) is 4.43. The van der Waals surface area contributed by atoms with E-state index in [4.69, 9.17) is 4.74 Å². The van der Waals surface area contributed by atoms with Gasteiger partial charge < -0.3 is 4.74 Å². The Morgan fingerprint density at radius 3 is 2.73 bits per heavy atom. The monoisotopic (exact) mass is 222 g/mol. The summed E-state index contributed by atoms with van der Waals surface area (Å²) in [5, 5.41) is 0. The molecule has 0 fully saturated rings. The molecule has 3 heteroatoms. The Bertz CT molecular complexity index is 372. The normalized spacial score (nSPS) is 9.73. The molecule has 0 aliphatic rings. The van der Waals surface area contributed by atoms with Crippen LogP contribution in [0.3, 0.4) is 0 Å². The molecule has 0 aliphatic heterocycles. The van der Waals surface area contributed by atoms with E-state index in [2.05, 4.69) is 6.58 Å². The molecule has 0 N–H and O–H groups in total. The second kappa shape index (κ2) is 5.61. The summed E-state index contributed by atoms with van der Waals surface area (Å²) in [6.45, 7) is 5.79. The smallest absolute Gasteiger partial charge is 0.338 e. The van der Waals surface area contributed by atoms with Crippen LogP contribution in [0.1, 0.15) is 17.3 Å². The average Bonchev–Trinajstić information content (AvgIpc) is 2.25. The summed E-state index contributed by atoms with van der Waals surface area (Å²) in [6, 6.07) is 7.43. The topological polar surface area (TPSA) is 26.3 Å². The van der Waals surface area contributed by atoms with Gasteiger partial charge in [0.15, 0.2) is 0 Å². The first kappa shape index (κ1) is 11.9. The van der Waals surface area contributed by atoms with Crippen molar-refractivity contribution in [1.29, 1.82) is 0 Å². The fourth-order valence-corrected chi connectivity index (χ4v) is 1.96. The summed E-state index contributed by atoms with van der Waals surface area (Å²) in [5.74, 6) is 0.522. The largest absolute Gasteiger partial charge is 0.465 e. The minimum Gasteiger partial charge on any atom is -0.465 e. The second-order valence-electron chi connectivity index (χ2n) is 3.23. The molecule has 0 heterocycles. The van der Waals surface area contributed by atoms with Crippen LogP contribution in [0.15, 0.2) is 41.3 Å². The number of hydrogen-bond donors (Lipinski definition) is 0. The molecule has 15 heavy (non-hydrogen) atoms. The van der Waals surface area contributed by atoms with Gasteiger partial charge in [-0.05, 0) is 19.1 Å². The number of rotatable bonds is 4. The molecular formula is C12H14O2S. The summed E-state index contributed by atoms with van der Waals surface area (Å²) in [5.41, 5.74) is 1.70. The number of thioether (sulfide) groups is 1. The van der Waals surface area contributed by atoms with Crippen LogP contribution in [0.2, 0.25) is 0 Å². The lowest BCUT2D eigenvalue weighted by atomic mass is 10.2. The van der Waals surface area contributed by atoms with Crippen molar-refractivity contribution in [2.45, 2.75) is 11.8 Å². The second-order valence-corrected chi connectivity index (χ2v) is 4.25.